The van der Waals surface area contributed by atoms with Gasteiger partial charge < -0.3 is 14.4 Å². The number of ketones is 1. The summed E-state index contributed by atoms with van der Waals surface area (Å²) >= 11 is 0. The Morgan fingerprint density at radius 1 is 1.03 bits per heavy atom. The molecule has 1 aromatic rings. The van der Waals surface area contributed by atoms with Crippen LogP contribution in [0.4, 0.5) is 4.79 Å². The van der Waals surface area contributed by atoms with Gasteiger partial charge in [-0.05, 0) is 92.4 Å². The summed E-state index contributed by atoms with van der Waals surface area (Å²) < 4.78 is 11.5. The lowest BCUT2D eigenvalue weighted by Crippen LogP contribution is -2.50. The van der Waals surface area contributed by atoms with Crippen LogP contribution in [0.5, 0.6) is 5.75 Å². The smallest absolute Gasteiger partial charge is 0.410 e. The molecule has 4 atom stereocenters. The number of amides is 1. The molecule has 4 fully saturated rings. The van der Waals surface area contributed by atoms with Crippen LogP contribution in [0.1, 0.15) is 74.5 Å². The van der Waals surface area contributed by atoms with E-state index in [-0.39, 0.29) is 11.5 Å². The molecule has 0 radical (unpaired) electrons. The number of morpholine rings is 1. The predicted molar refractivity (Wildman–Crippen MR) is 134 cm³/mol. The van der Waals surface area contributed by atoms with Crippen LogP contribution < -0.4 is 4.74 Å². The van der Waals surface area contributed by atoms with Gasteiger partial charge in [-0.3, -0.25) is 9.69 Å². The zero-order valence-electron chi connectivity index (χ0n) is 21.4. The Bertz CT molecular complexity index is 995. The molecule has 2 saturated carbocycles. The third-order valence-corrected chi connectivity index (χ3v) is 10.2. The number of carbonyl (C=O) groups is 2. The van der Waals surface area contributed by atoms with E-state index in [2.05, 4.69) is 30.9 Å². The van der Waals surface area contributed by atoms with Crippen LogP contribution in [-0.2, 0) is 16.0 Å². The van der Waals surface area contributed by atoms with Crippen molar-refractivity contribution in [2.24, 2.45) is 17.3 Å². The number of aryl methyl sites for hydroxylation is 2. The summed E-state index contributed by atoms with van der Waals surface area (Å²) in [5, 5.41) is 0. The molecule has 4 unspecified atom stereocenters. The molecule has 190 valence electrons. The molecule has 6 nitrogen and oxygen atoms in total. The van der Waals surface area contributed by atoms with E-state index in [1.54, 1.807) is 0 Å². The Morgan fingerprint density at radius 2 is 1.80 bits per heavy atom. The lowest BCUT2D eigenvalue weighted by molar-refractivity contribution is -0.129. The average Bonchev–Trinajstić information content (AvgIpc) is 3.19. The minimum atomic E-state index is -0.208. The molecule has 2 saturated heterocycles. The summed E-state index contributed by atoms with van der Waals surface area (Å²) in [6.45, 7) is 9.46. The van der Waals surface area contributed by atoms with Crippen LogP contribution in [0.2, 0.25) is 0 Å². The quantitative estimate of drug-likeness (QED) is 0.613. The number of benzene rings is 1. The summed E-state index contributed by atoms with van der Waals surface area (Å²) in [6.07, 6.45) is 7.94. The van der Waals surface area contributed by atoms with E-state index in [0.29, 0.717) is 29.6 Å². The van der Waals surface area contributed by atoms with Gasteiger partial charge >= 0.3 is 6.09 Å². The maximum Gasteiger partial charge on any atom is 0.415 e. The normalized spacial score (nSPS) is 33.7. The van der Waals surface area contributed by atoms with E-state index in [9.17, 15) is 9.59 Å². The van der Waals surface area contributed by atoms with Crippen LogP contribution in [0.15, 0.2) is 12.1 Å². The minimum Gasteiger partial charge on any atom is -0.410 e. The van der Waals surface area contributed by atoms with Crippen molar-refractivity contribution in [3.05, 3.63) is 28.8 Å². The molecule has 1 aromatic carbocycles. The number of piperidine rings is 1. The Kier molecular flexibility index (Phi) is 6.16. The van der Waals surface area contributed by atoms with Crippen molar-refractivity contribution in [3.63, 3.8) is 0 Å². The van der Waals surface area contributed by atoms with Crippen molar-refractivity contribution < 1.29 is 19.1 Å². The molecule has 0 spiro atoms. The molecule has 2 heterocycles. The number of carbonyl (C=O) groups excluding carboxylic acids is 2. The van der Waals surface area contributed by atoms with Crippen molar-refractivity contribution in [1.82, 2.24) is 9.80 Å². The summed E-state index contributed by atoms with van der Waals surface area (Å²) in [5.41, 5.74) is 3.76. The molecule has 0 aromatic heterocycles. The number of nitrogens with zero attached hydrogens (tertiary/aromatic N) is 2. The van der Waals surface area contributed by atoms with Gasteiger partial charge in [-0.2, -0.15) is 0 Å². The number of likely N-dealkylation sites (tertiary alicyclic amines) is 1. The van der Waals surface area contributed by atoms with Gasteiger partial charge in [-0.15, -0.1) is 0 Å². The zero-order valence-corrected chi connectivity index (χ0v) is 21.4. The number of ether oxygens (including phenoxy) is 2. The first-order chi connectivity index (χ1) is 16.9. The standard InChI is InChI=1S/C29H40N2O4/c1-19-17-24-20(3-4-23-22(24)7-10-29(2)25(23)5-6-27(29)32)18-26(19)35-28(33)31-11-8-21(9-12-31)30-13-15-34-16-14-30/h17-18,21-23,25H,3-16H2,1-2H3. The second-order valence-corrected chi connectivity index (χ2v) is 11.9. The molecular formula is C29H40N2O4. The molecule has 35 heavy (non-hydrogen) atoms. The van der Waals surface area contributed by atoms with Gasteiger partial charge in [0.2, 0.25) is 0 Å². The van der Waals surface area contributed by atoms with Gasteiger partial charge in [-0.1, -0.05) is 13.0 Å². The predicted octanol–water partition coefficient (Wildman–Crippen LogP) is 4.72. The van der Waals surface area contributed by atoms with Gasteiger partial charge in [0, 0.05) is 44.1 Å². The first-order valence-corrected chi connectivity index (χ1v) is 13.9. The molecule has 6 heteroatoms. The fraction of sp³-hybridized carbons (Fsp3) is 0.724. The maximum absolute atomic E-state index is 13.0. The molecule has 0 bridgehead atoms. The van der Waals surface area contributed by atoms with E-state index in [1.165, 1.54) is 11.1 Å². The first kappa shape index (κ1) is 23.5. The van der Waals surface area contributed by atoms with Crippen LogP contribution in [0, 0.1) is 24.2 Å². The van der Waals surface area contributed by atoms with Crippen molar-refractivity contribution in [3.8, 4) is 5.75 Å². The van der Waals surface area contributed by atoms with E-state index in [0.717, 1.165) is 102 Å². The highest BCUT2D eigenvalue weighted by molar-refractivity contribution is 5.87. The fourth-order valence-corrected chi connectivity index (χ4v) is 8.11. The van der Waals surface area contributed by atoms with Gasteiger partial charge in [0.05, 0.1) is 13.2 Å². The Morgan fingerprint density at radius 3 is 2.57 bits per heavy atom. The SMILES string of the molecule is Cc1cc2c(cc1OC(=O)N1CCC(N3CCOCC3)CC1)CCC1C2CCC2(C)C(=O)CCC12. The van der Waals surface area contributed by atoms with Crippen LogP contribution in [0.25, 0.3) is 0 Å². The Hall–Kier alpha value is -1.92. The summed E-state index contributed by atoms with van der Waals surface area (Å²) in [6, 6.07) is 4.99. The largest absolute Gasteiger partial charge is 0.415 e. The van der Waals surface area contributed by atoms with Crippen molar-refractivity contribution >= 4 is 11.9 Å². The lowest BCUT2D eigenvalue weighted by Gasteiger charge is -2.48. The Labute approximate surface area is 209 Å². The second kappa shape index (κ2) is 9.19. The number of hydrogen-bond donors (Lipinski definition) is 0. The highest BCUT2D eigenvalue weighted by atomic mass is 16.6. The maximum atomic E-state index is 13.0. The van der Waals surface area contributed by atoms with E-state index < -0.39 is 0 Å². The molecule has 0 N–H and O–H groups in total. The molecule has 1 amide bonds. The minimum absolute atomic E-state index is 0.0849. The average molecular weight is 481 g/mol. The van der Waals surface area contributed by atoms with Gasteiger partial charge in [0.25, 0.3) is 0 Å². The second-order valence-electron chi connectivity index (χ2n) is 11.9. The highest BCUT2D eigenvalue weighted by Crippen LogP contribution is 2.59. The first-order valence-electron chi connectivity index (χ1n) is 13.9. The Balaban J connectivity index is 1.12. The van der Waals surface area contributed by atoms with E-state index in [4.69, 9.17) is 9.47 Å². The van der Waals surface area contributed by atoms with E-state index >= 15 is 0 Å². The summed E-state index contributed by atoms with van der Waals surface area (Å²) in [4.78, 5) is 30.0. The zero-order chi connectivity index (χ0) is 24.2. The third-order valence-electron chi connectivity index (χ3n) is 10.2. The molecule has 3 aliphatic carbocycles. The van der Waals surface area contributed by atoms with Gasteiger partial charge in [0.1, 0.15) is 11.5 Å². The molecular weight excluding hydrogens is 440 g/mol. The fourth-order valence-electron chi connectivity index (χ4n) is 8.11. The van der Waals surface area contributed by atoms with Crippen molar-refractivity contribution in [1.29, 1.82) is 0 Å². The van der Waals surface area contributed by atoms with Gasteiger partial charge in [0.15, 0.2) is 0 Å². The summed E-state index contributed by atoms with van der Waals surface area (Å²) in [5.74, 6) is 2.93. The van der Waals surface area contributed by atoms with Crippen LogP contribution >= 0.6 is 0 Å². The van der Waals surface area contributed by atoms with Crippen LogP contribution in [-0.4, -0.2) is 67.1 Å². The lowest BCUT2D eigenvalue weighted by atomic mass is 9.55. The molecule has 2 aliphatic heterocycles. The van der Waals surface area contributed by atoms with Gasteiger partial charge in [-0.25, -0.2) is 4.79 Å². The van der Waals surface area contributed by atoms with Crippen LogP contribution in [0.3, 0.4) is 0 Å². The third kappa shape index (κ3) is 4.11. The topological polar surface area (TPSA) is 59.1 Å². The highest BCUT2D eigenvalue weighted by Gasteiger charge is 2.54. The number of fused-ring (bicyclic) bond motifs is 5. The number of hydrogen-bond acceptors (Lipinski definition) is 5. The number of rotatable bonds is 2. The van der Waals surface area contributed by atoms with Crippen molar-refractivity contribution in [2.75, 3.05) is 39.4 Å². The number of Topliss-reactive ketones (excluding diaryl/α,β-unsaturated/α-hetero) is 1. The summed E-state index contributed by atoms with van der Waals surface area (Å²) in [7, 11) is 0. The van der Waals surface area contributed by atoms with Crippen molar-refractivity contribution in [2.45, 2.75) is 77.2 Å². The van der Waals surface area contributed by atoms with E-state index in [1.807, 2.05) is 4.90 Å². The monoisotopic (exact) mass is 480 g/mol. The molecule has 6 rings (SSSR count). The molecule has 5 aliphatic rings.